The fourth-order valence-electron chi connectivity index (χ4n) is 3.60. The predicted molar refractivity (Wildman–Crippen MR) is 122 cm³/mol. The van der Waals surface area contributed by atoms with Crippen molar-refractivity contribution in [3.05, 3.63) is 59.2 Å². The fraction of sp³-hybridized carbons (Fsp3) is 0.417. The van der Waals surface area contributed by atoms with Crippen molar-refractivity contribution in [2.45, 2.75) is 39.4 Å². The molecule has 1 amide bonds. The summed E-state index contributed by atoms with van der Waals surface area (Å²) in [6, 6.07) is 14.0. The fourth-order valence-corrected chi connectivity index (χ4v) is 3.60. The number of fused-ring (bicyclic) bond motifs is 1. The van der Waals surface area contributed by atoms with Crippen LogP contribution in [0.25, 0.3) is 0 Å². The number of nitrogens with zero attached hydrogens (tertiary/aromatic N) is 2. The summed E-state index contributed by atoms with van der Waals surface area (Å²) in [6.07, 6.45) is 1.27. The molecule has 1 heterocycles. The number of carbonyl (C=O) groups excluding carboxylic acids is 1. The van der Waals surface area contributed by atoms with Crippen LogP contribution in [0.2, 0.25) is 0 Å². The van der Waals surface area contributed by atoms with Crippen LogP contribution in [0.15, 0.2) is 47.5 Å². The molecule has 7 heteroatoms. The van der Waals surface area contributed by atoms with E-state index in [1.165, 1.54) is 11.1 Å². The highest BCUT2D eigenvalue weighted by atomic mass is 16.5. The minimum Gasteiger partial charge on any atom is -0.497 e. The van der Waals surface area contributed by atoms with Crippen molar-refractivity contribution in [3.8, 4) is 11.5 Å². The summed E-state index contributed by atoms with van der Waals surface area (Å²) in [7, 11) is 3.27. The maximum absolute atomic E-state index is 12.5. The van der Waals surface area contributed by atoms with E-state index in [9.17, 15) is 4.79 Å². The Bertz CT molecular complexity index is 888. The summed E-state index contributed by atoms with van der Waals surface area (Å²) >= 11 is 0. The van der Waals surface area contributed by atoms with E-state index in [1.807, 2.05) is 42.2 Å². The Morgan fingerprint density at radius 3 is 2.45 bits per heavy atom. The minimum atomic E-state index is 0.197. The van der Waals surface area contributed by atoms with Gasteiger partial charge in [-0.3, -0.25) is 4.79 Å². The van der Waals surface area contributed by atoms with E-state index in [0.29, 0.717) is 19.5 Å². The van der Waals surface area contributed by atoms with Crippen LogP contribution in [0.4, 0.5) is 0 Å². The van der Waals surface area contributed by atoms with E-state index >= 15 is 0 Å². The molecule has 7 nitrogen and oxygen atoms in total. The Kier molecular flexibility index (Phi) is 8.15. The number of aliphatic imine (C=N–C) groups is 1. The van der Waals surface area contributed by atoms with Gasteiger partial charge in [-0.1, -0.05) is 24.3 Å². The largest absolute Gasteiger partial charge is 0.497 e. The molecule has 1 aliphatic heterocycles. The maximum Gasteiger partial charge on any atom is 0.223 e. The molecule has 0 fully saturated rings. The molecule has 0 unspecified atom stereocenters. The van der Waals surface area contributed by atoms with Crippen molar-refractivity contribution in [2.75, 3.05) is 27.3 Å². The second-order valence-corrected chi connectivity index (χ2v) is 7.42. The third-order valence-corrected chi connectivity index (χ3v) is 5.30. The Hall–Kier alpha value is -3.22. The Morgan fingerprint density at radius 2 is 1.81 bits per heavy atom. The number of amides is 1. The number of hydrogen-bond donors (Lipinski definition) is 2. The Balaban J connectivity index is 1.47. The van der Waals surface area contributed by atoms with Crippen LogP contribution in [0.5, 0.6) is 11.5 Å². The lowest BCUT2D eigenvalue weighted by Gasteiger charge is -2.16. The normalized spacial score (nSPS) is 13.0. The quantitative estimate of drug-likeness (QED) is 0.368. The van der Waals surface area contributed by atoms with Gasteiger partial charge in [0.2, 0.25) is 5.91 Å². The maximum atomic E-state index is 12.5. The summed E-state index contributed by atoms with van der Waals surface area (Å²) < 4.78 is 10.7. The van der Waals surface area contributed by atoms with E-state index in [1.54, 1.807) is 14.2 Å². The molecule has 2 N–H and O–H groups in total. The van der Waals surface area contributed by atoms with E-state index < -0.39 is 0 Å². The molecule has 0 radical (unpaired) electrons. The first-order valence-corrected chi connectivity index (χ1v) is 10.7. The zero-order valence-corrected chi connectivity index (χ0v) is 18.6. The molecule has 0 spiro atoms. The number of methoxy groups -OCH3 is 2. The van der Waals surface area contributed by atoms with Gasteiger partial charge in [-0.05, 0) is 36.6 Å². The number of nitrogens with one attached hydrogen (secondary N) is 2. The minimum absolute atomic E-state index is 0.197. The molecule has 0 saturated heterocycles. The molecule has 0 atom stereocenters. The topological polar surface area (TPSA) is 75.2 Å². The van der Waals surface area contributed by atoms with Crippen LogP contribution in [-0.4, -0.2) is 44.1 Å². The zero-order valence-electron chi connectivity index (χ0n) is 18.6. The standard InChI is InChI=1S/C24H32N4O3/c1-4-25-24(27-15-18-11-12-21(30-2)14-22(18)31-3)26-13-7-10-23(29)28-16-19-8-5-6-9-20(19)17-28/h5-6,8-9,11-12,14H,4,7,10,13,15-17H2,1-3H3,(H2,25,26,27). The lowest BCUT2D eigenvalue weighted by atomic mass is 10.1. The first-order chi connectivity index (χ1) is 15.1. The average molecular weight is 425 g/mol. The number of rotatable bonds is 9. The molecule has 0 saturated carbocycles. The van der Waals surface area contributed by atoms with Gasteiger partial charge in [-0.15, -0.1) is 0 Å². The van der Waals surface area contributed by atoms with Gasteiger partial charge in [0.25, 0.3) is 0 Å². The van der Waals surface area contributed by atoms with Gasteiger partial charge < -0.3 is 25.0 Å². The van der Waals surface area contributed by atoms with Crippen molar-refractivity contribution in [1.82, 2.24) is 15.5 Å². The van der Waals surface area contributed by atoms with Crippen LogP contribution in [0, 0.1) is 0 Å². The number of carbonyl (C=O) groups is 1. The average Bonchev–Trinajstić information content (AvgIpc) is 3.24. The number of benzene rings is 2. The zero-order chi connectivity index (χ0) is 22.1. The van der Waals surface area contributed by atoms with Crippen LogP contribution in [-0.2, 0) is 24.4 Å². The van der Waals surface area contributed by atoms with Gasteiger partial charge in [0.05, 0.1) is 20.8 Å². The van der Waals surface area contributed by atoms with Crippen molar-refractivity contribution in [2.24, 2.45) is 4.99 Å². The summed E-state index contributed by atoms with van der Waals surface area (Å²) in [4.78, 5) is 19.1. The van der Waals surface area contributed by atoms with Crippen LogP contribution >= 0.6 is 0 Å². The number of hydrogen-bond acceptors (Lipinski definition) is 4. The van der Waals surface area contributed by atoms with Crippen LogP contribution in [0.3, 0.4) is 0 Å². The van der Waals surface area contributed by atoms with E-state index in [2.05, 4.69) is 27.8 Å². The molecule has 31 heavy (non-hydrogen) atoms. The summed E-state index contributed by atoms with van der Waals surface area (Å²) in [5.41, 5.74) is 3.48. The van der Waals surface area contributed by atoms with E-state index in [-0.39, 0.29) is 5.91 Å². The monoisotopic (exact) mass is 424 g/mol. The predicted octanol–water partition coefficient (Wildman–Crippen LogP) is 3.08. The lowest BCUT2D eigenvalue weighted by molar-refractivity contribution is -0.131. The van der Waals surface area contributed by atoms with Gasteiger partial charge in [0, 0.05) is 44.2 Å². The Morgan fingerprint density at radius 1 is 1.06 bits per heavy atom. The summed E-state index contributed by atoms with van der Waals surface area (Å²) in [5.74, 6) is 2.42. The summed E-state index contributed by atoms with van der Waals surface area (Å²) in [5, 5.41) is 6.56. The molecule has 2 aromatic carbocycles. The van der Waals surface area contributed by atoms with Crippen molar-refractivity contribution in [1.29, 1.82) is 0 Å². The van der Waals surface area contributed by atoms with Gasteiger partial charge in [-0.2, -0.15) is 0 Å². The molecule has 0 aromatic heterocycles. The number of ether oxygens (including phenoxy) is 2. The van der Waals surface area contributed by atoms with Crippen LogP contribution in [0.1, 0.15) is 36.5 Å². The second kappa shape index (κ2) is 11.2. The van der Waals surface area contributed by atoms with Gasteiger partial charge >= 0.3 is 0 Å². The van der Waals surface area contributed by atoms with Crippen molar-refractivity contribution < 1.29 is 14.3 Å². The highest BCUT2D eigenvalue weighted by Gasteiger charge is 2.22. The van der Waals surface area contributed by atoms with Gasteiger partial charge in [0.15, 0.2) is 5.96 Å². The highest BCUT2D eigenvalue weighted by Crippen LogP contribution is 2.25. The van der Waals surface area contributed by atoms with Gasteiger partial charge in [-0.25, -0.2) is 4.99 Å². The molecule has 3 rings (SSSR count). The molecule has 0 aliphatic carbocycles. The lowest BCUT2D eigenvalue weighted by Crippen LogP contribution is -2.38. The van der Waals surface area contributed by atoms with E-state index in [0.717, 1.165) is 49.1 Å². The third-order valence-electron chi connectivity index (χ3n) is 5.30. The van der Waals surface area contributed by atoms with Crippen molar-refractivity contribution in [3.63, 3.8) is 0 Å². The molecular weight excluding hydrogens is 392 g/mol. The van der Waals surface area contributed by atoms with Crippen molar-refractivity contribution >= 4 is 11.9 Å². The molecule has 0 bridgehead atoms. The SMILES string of the molecule is CCNC(=NCc1ccc(OC)cc1OC)NCCCC(=O)N1Cc2ccccc2C1. The molecular formula is C24H32N4O3. The highest BCUT2D eigenvalue weighted by molar-refractivity contribution is 5.80. The van der Waals surface area contributed by atoms with Gasteiger partial charge in [0.1, 0.15) is 11.5 Å². The smallest absolute Gasteiger partial charge is 0.223 e. The third kappa shape index (κ3) is 6.13. The Labute approximate surface area is 184 Å². The van der Waals surface area contributed by atoms with E-state index in [4.69, 9.17) is 9.47 Å². The molecule has 166 valence electrons. The van der Waals surface area contributed by atoms with Crippen LogP contribution < -0.4 is 20.1 Å². The summed E-state index contributed by atoms with van der Waals surface area (Å²) in [6.45, 7) is 5.38. The second-order valence-electron chi connectivity index (χ2n) is 7.42. The molecule has 2 aromatic rings. The first kappa shape index (κ1) is 22.5. The first-order valence-electron chi connectivity index (χ1n) is 10.7. The number of guanidine groups is 1. The molecule has 1 aliphatic rings.